The van der Waals surface area contributed by atoms with Gasteiger partial charge < -0.3 is 9.64 Å². The van der Waals surface area contributed by atoms with Crippen LogP contribution in [0.5, 0.6) is 0 Å². The fourth-order valence-corrected chi connectivity index (χ4v) is 1.55. The van der Waals surface area contributed by atoms with Gasteiger partial charge in [0.1, 0.15) is 17.6 Å². The summed E-state index contributed by atoms with van der Waals surface area (Å²) in [5.41, 5.74) is 0. The average molecular weight is 244 g/mol. The van der Waals surface area contributed by atoms with E-state index in [1.54, 1.807) is 13.2 Å². The molecular formula is C11H18ClN3O. The van der Waals surface area contributed by atoms with Gasteiger partial charge in [0, 0.05) is 26.8 Å². The molecule has 0 fully saturated rings. The van der Waals surface area contributed by atoms with E-state index < -0.39 is 0 Å². The lowest BCUT2D eigenvalue weighted by Gasteiger charge is -2.18. The largest absolute Gasteiger partial charge is 0.377 e. The molecule has 0 saturated heterocycles. The third-order valence-electron chi connectivity index (χ3n) is 2.24. The molecule has 0 unspecified atom stereocenters. The molecule has 0 N–H and O–H groups in total. The molecule has 0 bridgehead atoms. The Hall–Kier alpha value is -0.870. The lowest BCUT2D eigenvalue weighted by Crippen LogP contribution is -2.20. The van der Waals surface area contributed by atoms with Crippen molar-refractivity contribution in [3.8, 4) is 0 Å². The Morgan fingerprint density at radius 1 is 1.44 bits per heavy atom. The highest BCUT2D eigenvalue weighted by molar-refractivity contribution is 6.29. The fourth-order valence-electron chi connectivity index (χ4n) is 1.35. The maximum Gasteiger partial charge on any atom is 0.158 e. The minimum Gasteiger partial charge on any atom is -0.377 e. The predicted octanol–water partition coefficient (Wildman–Crippen LogP) is 2.51. The summed E-state index contributed by atoms with van der Waals surface area (Å²) in [6.45, 7) is 3.52. The summed E-state index contributed by atoms with van der Waals surface area (Å²) >= 11 is 5.93. The summed E-state index contributed by atoms with van der Waals surface area (Å²) in [5.74, 6) is 1.47. The number of nitrogens with zero attached hydrogens (tertiary/aromatic N) is 3. The molecule has 0 aromatic carbocycles. The first-order valence-electron chi connectivity index (χ1n) is 5.41. The minimum absolute atomic E-state index is 0.384. The first kappa shape index (κ1) is 13.2. The van der Waals surface area contributed by atoms with Gasteiger partial charge in [0.2, 0.25) is 0 Å². The van der Waals surface area contributed by atoms with E-state index in [1.165, 1.54) is 0 Å². The Labute approximate surface area is 102 Å². The van der Waals surface area contributed by atoms with Crippen LogP contribution in [0, 0.1) is 0 Å². The zero-order valence-electron chi connectivity index (χ0n) is 10.0. The number of anilines is 1. The summed E-state index contributed by atoms with van der Waals surface area (Å²) in [7, 11) is 3.62. The van der Waals surface area contributed by atoms with Crippen LogP contribution in [0.4, 0.5) is 5.82 Å². The number of hydrogen-bond acceptors (Lipinski definition) is 4. The van der Waals surface area contributed by atoms with Crippen LogP contribution in [0.25, 0.3) is 0 Å². The third kappa shape index (κ3) is 3.94. The Balaban J connectivity index is 2.78. The van der Waals surface area contributed by atoms with Crippen LogP contribution in [0.3, 0.4) is 0 Å². The van der Waals surface area contributed by atoms with Crippen molar-refractivity contribution in [2.75, 3.05) is 25.6 Å². The normalized spacial score (nSPS) is 10.5. The monoisotopic (exact) mass is 243 g/mol. The van der Waals surface area contributed by atoms with Crippen molar-refractivity contribution in [3.05, 3.63) is 17.0 Å². The van der Waals surface area contributed by atoms with Crippen LogP contribution in [0.15, 0.2) is 6.07 Å². The molecule has 0 aliphatic heterocycles. The molecule has 5 heteroatoms. The Morgan fingerprint density at radius 3 is 2.81 bits per heavy atom. The van der Waals surface area contributed by atoms with Crippen molar-refractivity contribution in [2.45, 2.75) is 26.4 Å². The average Bonchev–Trinajstić information content (AvgIpc) is 2.25. The van der Waals surface area contributed by atoms with Crippen LogP contribution >= 0.6 is 11.6 Å². The second-order valence-electron chi connectivity index (χ2n) is 3.67. The molecule has 4 nitrogen and oxygen atoms in total. The number of methoxy groups -OCH3 is 1. The molecule has 1 heterocycles. The van der Waals surface area contributed by atoms with Gasteiger partial charge in [-0.15, -0.1) is 0 Å². The summed E-state index contributed by atoms with van der Waals surface area (Å²) in [4.78, 5) is 10.6. The van der Waals surface area contributed by atoms with Gasteiger partial charge in [0.25, 0.3) is 0 Å². The van der Waals surface area contributed by atoms with E-state index in [-0.39, 0.29) is 0 Å². The standard InChI is InChI=1S/C11H18ClN3O/c1-4-5-6-15(2)11-7-9(12)13-10(14-11)8-16-3/h7H,4-6,8H2,1-3H3. The maximum atomic E-state index is 5.93. The maximum absolute atomic E-state index is 5.93. The van der Waals surface area contributed by atoms with Gasteiger partial charge in [0.05, 0.1) is 0 Å². The molecule has 0 spiro atoms. The topological polar surface area (TPSA) is 38.2 Å². The number of ether oxygens (including phenoxy) is 1. The molecule has 1 rings (SSSR count). The Kier molecular flexibility index (Phi) is 5.49. The number of halogens is 1. The van der Waals surface area contributed by atoms with Gasteiger partial charge in [-0.1, -0.05) is 24.9 Å². The van der Waals surface area contributed by atoms with E-state index in [9.17, 15) is 0 Å². The minimum atomic E-state index is 0.384. The van der Waals surface area contributed by atoms with Crippen LogP contribution in [-0.4, -0.2) is 30.7 Å². The number of hydrogen-bond donors (Lipinski definition) is 0. The zero-order chi connectivity index (χ0) is 12.0. The predicted molar refractivity (Wildman–Crippen MR) is 65.9 cm³/mol. The van der Waals surface area contributed by atoms with Crippen molar-refractivity contribution < 1.29 is 4.74 Å². The van der Waals surface area contributed by atoms with Crippen molar-refractivity contribution in [2.24, 2.45) is 0 Å². The molecule has 0 aliphatic carbocycles. The van der Waals surface area contributed by atoms with E-state index in [0.717, 1.165) is 25.2 Å². The molecule has 1 aromatic heterocycles. The van der Waals surface area contributed by atoms with E-state index in [1.807, 2.05) is 7.05 Å². The molecule has 0 amide bonds. The van der Waals surface area contributed by atoms with Gasteiger partial charge in [-0.2, -0.15) is 0 Å². The number of aromatic nitrogens is 2. The molecule has 0 radical (unpaired) electrons. The quantitative estimate of drug-likeness (QED) is 0.720. The van der Waals surface area contributed by atoms with Gasteiger partial charge in [0.15, 0.2) is 5.82 Å². The molecule has 1 aromatic rings. The van der Waals surface area contributed by atoms with Crippen LogP contribution in [0.1, 0.15) is 25.6 Å². The van der Waals surface area contributed by atoms with Crippen molar-refractivity contribution in [1.82, 2.24) is 9.97 Å². The van der Waals surface area contributed by atoms with E-state index >= 15 is 0 Å². The summed E-state index contributed by atoms with van der Waals surface area (Å²) in [6, 6.07) is 1.77. The summed E-state index contributed by atoms with van der Waals surface area (Å²) in [6.07, 6.45) is 2.30. The lowest BCUT2D eigenvalue weighted by atomic mass is 10.3. The van der Waals surface area contributed by atoms with Crippen LogP contribution in [0.2, 0.25) is 5.15 Å². The molecule has 0 atom stereocenters. The molecule has 0 saturated carbocycles. The van der Waals surface area contributed by atoms with Gasteiger partial charge >= 0.3 is 0 Å². The fraction of sp³-hybridized carbons (Fsp3) is 0.636. The first-order chi connectivity index (χ1) is 7.67. The third-order valence-corrected chi connectivity index (χ3v) is 2.43. The van der Waals surface area contributed by atoms with Crippen molar-refractivity contribution in [3.63, 3.8) is 0 Å². The SMILES string of the molecule is CCCCN(C)c1cc(Cl)nc(COC)n1. The molecular weight excluding hydrogens is 226 g/mol. The van der Waals surface area contributed by atoms with E-state index in [4.69, 9.17) is 16.3 Å². The number of rotatable bonds is 6. The summed E-state index contributed by atoms with van der Waals surface area (Å²) < 4.78 is 5.00. The Bertz CT molecular complexity index is 333. The first-order valence-corrected chi connectivity index (χ1v) is 5.78. The van der Waals surface area contributed by atoms with Gasteiger partial charge in [-0.3, -0.25) is 0 Å². The number of unbranched alkanes of at least 4 members (excludes halogenated alkanes) is 1. The van der Waals surface area contributed by atoms with Gasteiger partial charge in [-0.05, 0) is 6.42 Å². The lowest BCUT2D eigenvalue weighted by molar-refractivity contribution is 0.178. The van der Waals surface area contributed by atoms with Crippen LogP contribution in [-0.2, 0) is 11.3 Å². The highest BCUT2D eigenvalue weighted by Gasteiger charge is 2.06. The van der Waals surface area contributed by atoms with Gasteiger partial charge in [-0.25, -0.2) is 9.97 Å². The molecule has 16 heavy (non-hydrogen) atoms. The second kappa shape index (κ2) is 6.66. The van der Waals surface area contributed by atoms with E-state index in [0.29, 0.717) is 17.6 Å². The second-order valence-corrected chi connectivity index (χ2v) is 4.06. The smallest absolute Gasteiger partial charge is 0.158 e. The molecule has 90 valence electrons. The van der Waals surface area contributed by atoms with E-state index in [2.05, 4.69) is 21.8 Å². The summed E-state index contributed by atoms with van der Waals surface area (Å²) in [5, 5.41) is 0.459. The van der Waals surface area contributed by atoms with Crippen molar-refractivity contribution in [1.29, 1.82) is 0 Å². The van der Waals surface area contributed by atoms with Crippen LogP contribution < -0.4 is 4.90 Å². The van der Waals surface area contributed by atoms with Crippen molar-refractivity contribution >= 4 is 17.4 Å². The highest BCUT2D eigenvalue weighted by Crippen LogP contribution is 2.15. The molecule has 0 aliphatic rings. The Morgan fingerprint density at radius 2 is 2.19 bits per heavy atom. The zero-order valence-corrected chi connectivity index (χ0v) is 10.8. The highest BCUT2D eigenvalue weighted by atomic mass is 35.5.